The van der Waals surface area contributed by atoms with Gasteiger partial charge in [-0.05, 0) is 73.3 Å². The summed E-state index contributed by atoms with van der Waals surface area (Å²) < 4.78 is 0. The molecule has 3 aliphatic carbocycles. The molecule has 0 aromatic rings. The average Bonchev–Trinajstić information content (AvgIpc) is 3.20. The second-order valence-corrected chi connectivity index (χ2v) is 10.8. The lowest BCUT2D eigenvalue weighted by atomic mass is 9.64. The first kappa shape index (κ1) is 30.9. The Morgan fingerprint density at radius 2 is 1.85 bits per heavy atom. The molecule has 0 aromatic heterocycles. The van der Waals surface area contributed by atoms with E-state index < -0.39 is 0 Å². The predicted molar refractivity (Wildman–Crippen MR) is 149 cm³/mol. The lowest BCUT2D eigenvalue weighted by Gasteiger charge is -2.41. The average molecular weight is 491 g/mol. The first-order chi connectivity index (χ1) is 16.4. The molecule has 0 bridgehead atoms. The van der Waals surface area contributed by atoms with Gasteiger partial charge >= 0.3 is 0 Å². The number of thioether (sulfide) groups is 1. The van der Waals surface area contributed by atoms with Crippen molar-refractivity contribution in [2.24, 2.45) is 17.3 Å². The molecule has 0 radical (unpaired) electrons. The van der Waals surface area contributed by atoms with Gasteiger partial charge in [0.05, 0.1) is 12.2 Å². The Kier molecular flexibility index (Phi) is 14.4. The normalized spacial score (nSPS) is 29.6. The van der Waals surface area contributed by atoms with Gasteiger partial charge in [0.1, 0.15) is 6.79 Å². The molecule has 3 rings (SSSR count). The Morgan fingerprint density at radius 1 is 1.18 bits per heavy atom. The Hall–Kier alpha value is -1.10. The molecule has 4 heteroatoms. The van der Waals surface area contributed by atoms with Gasteiger partial charge in [-0.1, -0.05) is 83.4 Å². The summed E-state index contributed by atoms with van der Waals surface area (Å²) >= 11 is 1.92. The van der Waals surface area contributed by atoms with E-state index in [-0.39, 0.29) is 17.6 Å². The zero-order valence-corrected chi connectivity index (χ0v) is 23.3. The molecule has 0 spiro atoms. The number of hydrogen-bond acceptors (Lipinski definition) is 4. The number of allylic oxidation sites excluding steroid dienone is 4. The Bertz CT molecular complexity index is 719. The smallest absolute Gasteiger partial charge is 0.106 e. The van der Waals surface area contributed by atoms with E-state index in [1.807, 2.05) is 32.4 Å². The number of aliphatic hydroxyl groups excluding tert-OH is 2. The Labute approximate surface area is 213 Å². The van der Waals surface area contributed by atoms with Gasteiger partial charge in [-0.15, -0.1) is 0 Å². The zero-order valence-electron chi connectivity index (χ0n) is 22.4. The number of carbonyl (C=O) groups excluding carboxylic acids is 1. The highest BCUT2D eigenvalue weighted by molar-refractivity contribution is 7.99. The second kappa shape index (κ2) is 15.8. The van der Waals surface area contributed by atoms with Crippen LogP contribution in [0.15, 0.2) is 47.1 Å². The van der Waals surface area contributed by atoms with Crippen LogP contribution in [0.25, 0.3) is 0 Å². The SMILES string of the molecule is C=C1/C(=C\C=C2/CCC[C@]3(C)C(CSC[C@@H](O)C(CC)CC)=CCC23)CCC[C@@H]1O.C=O.CC. The number of aliphatic hydroxyl groups is 2. The van der Waals surface area contributed by atoms with Crippen molar-refractivity contribution in [2.45, 2.75) is 105 Å². The zero-order chi connectivity index (χ0) is 25.7. The summed E-state index contributed by atoms with van der Waals surface area (Å²) in [5.74, 6) is 2.96. The van der Waals surface area contributed by atoms with Gasteiger partial charge in [0.15, 0.2) is 0 Å². The highest BCUT2D eigenvalue weighted by Gasteiger charge is 2.44. The van der Waals surface area contributed by atoms with Gasteiger partial charge in [0.25, 0.3) is 0 Å². The molecule has 3 nitrogen and oxygen atoms in total. The van der Waals surface area contributed by atoms with Crippen LogP contribution in [-0.2, 0) is 4.79 Å². The molecule has 1 unspecified atom stereocenters. The predicted octanol–water partition coefficient (Wildman–Crippen LogP) is 7.45. The highest BCUT2D eigenvalue weighted by atomic mass is 32.2. The third-order valence-corrected chi connectivity index (χ3v) is 9.18. The monoisotopic (exact) mass is 490 g/mol. The molecule has 0 heterocycles. The molecule has 0 saturated heterocycles. The highest BCUT2D eigenvalue weighted by Crippen LogP contribution is 2.55. The van der Waals surface area contributed by atoms with Gasteiger partial charge < -0.3 is 15.0 Å². The number of hydrogen-bond donors (Lipinski definition) is 2. The van der Waals surface area contributed by atoms with Crippen LogP contribution >= 0.6 is 11.8 Å². The molecule has 0 aliphatic heterocycles. The van der Waals surface area contributed by atoms with Crippen LogP contribution in [-0.4, -0.2) is 40.7 Å². The minimum Gasteiger partial charge on any atom is -0.392 e. The van der Waals surface area contributed by atoms with Crippen LogP contribution < -0.4 is 0 Å². The van der Waals surface area contributed by atoms with Crippen molar-refractivity contribution in [3.63, 3.8) is 0 Å². The molecule has 34 heavy (non-hydrogen) atoms. The number of rotatable bonds is 8. The molecular weight excluding hydrogens is 440 g/mol. The first-order valence-corrected chi connectivity index (χ1v) is 14.6. The van der Waals surface area contributed by atoms with Gasteiger partial charge in [-0.25, -0.2) is 0 Å². The molecule has 2 saturated carbocycles. The first-order valence-electron chi connectivity index (χ1n) is 13.4. The van der Waals surface area contributed by atoms with E-state index in [0.29, 0.717) is 11.8 Å². The van der Waals surface area contributed by atoms with Crippen LogP contribution in [0.4, 0.5) is 0 Å². The van der Waals surface area contributed by atoms with E-state index in [4.69, 9.17) is 4.79 Å². The molecule has 4 atom stereocenters. The van der Waals surface area contributed by atoms with Crippen LogP contribution in [0.2, 0.25) is 0 Å². The minimum absolute atomic E-state index is 0.178. The van der Waals surface area contributed by atoms with E-state index in [0.717, 1.165) is 55.6 Å². The fourth-order valence-corrected chi connectivity index (χ4v) is 7.12. The maximum absolute atomic E-state index is 10.5. The molecular formula is C30H50O3S. The van der Waals surface area contributed by atoms with Gasteiger partial charge in [0.2, 0.25) is 0 Å². The standard InChI is InChI=1S/C27H42O2S.C2H6.CH2O/c1-5-20(6-2)26(29)18-30-17-23-14-15-24-22(10-8-16-27(23,24)4)13-12-21-9-7-11-25(28)19(21)3;2*1-2/h12-14,20,24-26,28-29H,3,5-11,15-18H2,1-2,4H3;1-2H3;1H2/b21-12-,22-13+;;/t24?,25-,26+,27+;;/m0../s1. The van der Waals surface area contributed by atoms with Crippen molar-refractivity contribution in [2.75, 3.05) is 11.5 Å². The molecule has 3 aliphatic rings. The van der Waals surface area contributed by atoms with E-state index >= 15 is 0 Å². The van der Waals surface area contributed by atoms with Crippen LogP contribution in [0.5, 0.6) is 0 Å². The molecule has 2 fully saturated rings. The maximum atomic E-state index is 10.5. The molecule has 2 N–H and O–H groups in total. The quantitative estimate of drug-likeness (QED) is 0.347. The molecule has 194 valence electrons. The summed E-state index contributed by atoms with van der Waals surface area (Å²) in [4.78, 5) is 8.00. The van der Waals surface area contributed by atoms with E-state index in [2.05, 4.69) is 45.6 Å². The van der Waals surface area contributed by atoms with E-state index in [1.54, 1.807) is 11.1 Å². The lowest BCUT2D eigenvalue weighted by molar-refractivity contribution is -0.0980. The van der Waals surface area contributed by atoms with Gasteiger partial charge in [-0.3, -0.25) is 0 Å². The van der Waals surface area contributed by atoms with Gasteiger partial charge in [-0.2, -0.15) is 11.8 Å². The van der Waals surface area contributed by atoms with E-state index in [9.17, 15) is 10.2 Å². The number of carbonyl (C=O) groups is 1. The lowest BCUT2D eigenvalue weighted by Crippen LogP contribution is -2.31. The van der Waals surface area contributed by atoms with Crippen LogP contribution in [0.1, 0.15) is 92.4 Å². The third kappa shape index (κ3) is 7.70. The fraction of sp³-hybridized carbons (Fsp3) is 0.700. The minimum atomic E-state index is -0.354. The topological polar surface area (TPSA) is 57.5 Å². The fourth-order valence-electron chi connectivity index (χ4n) is 5.82. The maximum Gasteiger partial charge on any atom is 0.106 e. The summed E-state index contributed by atoms with van der Waals surface area (Å²) in [5, 5.41) is 20.6. The van der Waals surface area contributed by atoms with Crippen molar-refractivity contribution in [1.82, 2.24) is 0 Å². The molecule has 0 aromatic carbocycles. The second-order valence-electron chi connectivity index (χ2n) is 9.81. The van der Waals surface area contributed by atoms with Crippen LogP contribution in [0, 0.1) is 17.3 Å². The van der Waals surface area contributed by atoms with E-state index in [1.165, 1.54) is 24.8 Å². The van der Waals surface area contributed by atoms with Crippen molar-refractivity contribution >= 4 is 18.6 Å². The summed E-state index contributed by atoms with van der Waals surface area (Å²) in [5.41, 5.74) is 5.63. The summed E-state index contributed by atoms with van der Waals surface area (Å²) in [6.07, 6.45) is 16.5. The van der Waals surface area contributed by atoms with Crippen molar-refractivity contribution < 1.29 is 15.0 Å². The summed E-state index contributed by atoms with van der Waals surface area (Å²) in [6, 6.07) is 0. The number of fused-ring (bicyclic) bond motifs is 1. The summed E-state index contributed by atoms with van der Waals surface area (Å²) in [6.45, 7) is 17.0. The summed E-state index contributed by atoms with van der Waals surface area (Å²) in [7, 11) is 0. The van der Waals surface area contributed by atoms with Crippen molar-refractivity contribution in [3.8, 4) is 0 Å². The van der Waals surface area contributed by atoms with Crippen molar-refractivity contribution in [3.05, 3.63) is 47.1 Å². The largest absolute Gasteiger partial charge is 0.392 e. The van der Waals surface area contributed by atoms with Crippen LogP contribution in [0.3, 0.4) is 0 Å². The third-order valence-electron chi connectivity index (χ3n) is 8.09. The van der Waals surface area contributed by atoms with Crippen molar-refractivity contribution in [1.29, 1.82) is 0 Å². The van der Waals surface area contributed by atoms with Gasteiger partial charge in [0, 0.05) is 11.5 Å². The molecule has 0 amide bonds. The Balaban J connectivity index is 0.00000137. The Morgan fingerprint density at radius 3 is 2.50 bits per heavy atom.